The number of benzene rings is 2. The molecule has 3 aromatic rings. The van der Waals surface area contributed by atoms with Crippen LogP contribution in [0.3, 0.4) is 0 Å². The van der Waals surface area contributed by atoms with Gasteiger partial charge in [0.2, 0.25) is 15.9 Å². The number of hydrogen-bond acceptors (Lipinski definition) is 7. The zero-order valence-corrected chi connectivity index (χ0v) is 19.2. The second kappa shape index (κ2) is 9.14. The fourth-order valence-corrected chi connectivity index (χ4v) is 3.76. The number of sulfonamides is 1. The lowest BCUT2D eigenvalue weighted by atomic mass is 9.84. The summed E-state index contributed by atoms with van der Waals surface area (Å²) >= 11 is 0. The van der Waals surface area contributed by atoms with Gasteiger partial charge in [-0.1, -0.05) is 18.2 Å². The smallest absolute Gasteiger partial charge is 0.271 e. The first-order valence-electron chi connectivity index (χ1n) is 9.81. The Balaban J connectivity index is 2.02. The highest BCUT2D eigenvalue weighted by atomic mass is 32.2. The van der Waals surface area contributed by atoms with Crippen molar-refractivity contribution in [3.05, 3.63) is 71.6 Å². The molecule has 12 heteroatoms. The Morgan fingerprint density at radius 3 is 2.15 bits per heavy atom. The van der Waals surface area contributed by atoms with Gasteiger partial charge >= 0.3 is 0 Å². The van der Waals surface area contributed by atoms with Crippen LogP contribution in [0, 0.1) is 11.6 Å². The van der Waals surface area contributed by atoms with Gasteiger partial charge in [0.1, 0.15) is 11.6 Å². The Labute approximate surface area is 194 Å². The summed E-state index contributed by atoms with van der Waals surface area (Å²) in [6.07, 6.45) is 1.98. The molecule has 2 amide bonds. The fourth-order valence-electron chi connectivity index (χ4n) is 3.17. The molecule has 9 nitrogen and oxygen atoms in total. The minimum atomic E-state index is -3.74. The first kappa shape index (κ1) is 24.7. The molecular weight excluding hydrogens is 468 g/mol. The lowest BCUT2D eigenvalue weighted by Gasteiger charge is -2.24. The Morgan fingerprint density at radius 1 is 1.03 bits per heavy atom. The summed E-state index contributed by atoms with van der Waals surface area (Å²) in [5.41, 5.74) is 4.17. The van der Waals surface area contributed by atoms with Gasteiger partial charge in [0.05, 0.1) is 29.1 Å². The van der Waals surface area contributed by atoms with E-state index in [0.29, 0.717) is 11.3 Å². The second-order valence-electron chi connectivity index (χ2n) is 7.97. The van der Waals surface area contributed by atoms with Crippen LogP contribution in [-0.4, -0.2) is 36.7 Å². The van der Waals surface area contributed by atoms with E-state index in [1.807, 2.05) is 4.72 Å². The number of nitrogens with one attached hydrogen (secondary N) is 2. The highest BCUT2D eigenvalue weighted by Crippen LogP contribution is 2.35. The standard InChI is InChI=1S/C22H21F2N5O4S/c1-22(2,21(31)29-34(3,32)33)12-7-9-13(10-8-12)27-18-14(11-26-28-19(18)20(25)30)17-15(23)5-4-6-16(17)24/h4-11H,1-3H3,(H2,25,30)(H,26,27)(H,29,31). The Kier molecular flexibility index (Phi) is 6.64. The van der Waals surface area contributed by atoms with Gasteiger partial charge in [-0.2, -0.15) is 5.10 Å². The van der Waals surface area contributed by atoms with E-state index in [2.05, 4.69) is 15.5 Å². The normalized spacial score (nSPS) is 11.7. The fraction of sp³-hybridized carbons (Fsp3) is 0.182. The number of amides is 2. The van der Waals surface area contributed by atoms with Gasteiger partial charge in [-0.3, -0.25) is 14.3 Å². The summed E-state index contributed by atoms with van der Waals surface area (Å²) in [7, 11) is -3.74. The van der Waals surface area contributed by atoms with Gasteiger partial charge in [0.15, 0.2) is 5.69 Å². The summed E-state index contributed by atoms with van der Waals surface area (Å²) < 4.78 is 53.7. The van der Waals surface area contributed by atoms with E-state index in [1.165, 1.54) is 18.2 Å². The number of carbonyl (C=O) groups is 2. The van der Waals surface area contributed by atoms with E-state index < -0.39 is 44.5 Å². The summed E-state index contributed by atoms with van der Waals surface area (Å²) in [5.74, 6) is -3.44. The van der Waals surface area contributed by atoms with Gasteiger partial charge in [0, 0.05) is 11.3 Å². The van der Waals surface area contributed by atoms with Gasteiger partial charge in [-0.15, -0.1) is 5.10 Å². The average Bonchev–Trinajstić information content (AvgIpc) is 2.73. The van der Waals surface area contributed by atoms with Crippen LogP contribution in [0.1, 0.15) is 29.9 Å². The maximum Gasteiger partial charge on any atom is 0.271 e. The van der Waals surface area contributed by atoms with Crippen molar-refractivity contribution in [3.63, 3.8) is 0 Å². The number of carbonyl (C=O) groups excluding carboxylic acids is 2. The maximum absolute atomic E-state index is 14.5. The Bertz CT molecular complexity index is 1360. The third kappa shape index (κ3) is 5.17. The Hall–Kier alpha value is -3.93. The third-order valence-corrected chi connectivity index (χ3v) is 5.59. The molecule has 178 valence electrons. The number of primary amides is 1. The van der Waals surface area contributed by atoms with Crippen molar-refractivity contribution < 1.29 is 26.8 Å². The van der Waals surface area contributed by atoms with Crippen LogP contribution in [0.25, 0.3) is 11.1 Å². The molecule has 0 unspecified atom stereocenters. The predicted octanol–water partition coefficient (Wildman–Crippen LogP) is 2.62. The number of halogens is 2. The van der Waals surface area contributed by atoms with Crippen LogP contribution in [0.5, 0.6) is 0 Å². The van der Waals surface area contributed by atoms with Crippen molar-refractivity contribution in [1.29, 1.82) is 0 Å². The SMILES string of the molecule is CC(C)(C(=O)NS(C)(=O)=O)c1ccc(Nc2c(-c3c(F)cccc3F)cnnc2C(N)=O)cc1. The quantitative estimate of drug-likeness (QED) is 0.463. The van der Waals surface area contributed by atoms with Gasteiger partial charge in [-0.05, 0) is 43.7 Å². The molecule has 0 aliphatic heterocycles. The minimum Gasteiger partial charge on any atom is -0.364 e. The molecule has 2 aromatic carbocycles. The second-order valence-corrected chi connectivity index (χ2v) is 9.72. The van der Waals surface area contributed by atoms with Crippen molar-refractivity contribution in [3.8, 4) is 11.1 Å². The molecule has 0 radical (unpaired) electrons. The average molecular weight is 490 g/mol. The van der Waals surface area contributed by atoms with Crippen LogP contribution in [0.15, 0.2) is 48.7 Å². The molecule has 3 rings (SSSR count). The predicted molar refractivity (Wildman–Crippen MR) is 122 cm³/mol. The van der Waals surface area contributed by atoms with E-state index >= 15 is 0 Å². The zero-order chi connectivity index (χ0) is 25.3. The summed E-state index contributed by atoms with van der Waals surface area (Å²) in [6, 6.07) is 9.52. The van der Waals surface area contributed by atoms with Gasteiger partial charge in [-0.25, -0.2) is 17.2 Å². The highest BCUT2D eigenvalue weighted by Gasteiger charge is 2.31. The first-order chi connectivity index (χ1) is 15.8. The van der Waals surface area contributed by atoms with E-state index in [1.54, 1.807) is 26.0 Å². The van der Waals surface area contributed by atoms with Gasteiger partial charge in [0.25, 0.3) is 5.91 Å². The van der Waals surface area contributed by atoms with Crippen molar-refractivity contribution in [2.45, 2.75) is 19.3 Å². The largest absolute Gasteiger partial charge is 0.364 e. The molecule has 0 bridgehead atoms. The molecule has 0 saturated carbocycles. The van der Waals surface area contributed by atoms with Crippen LogP contribution < -0.4 is 15.8 Å². The number of anilines is 2. The molecule has 0 spiro atoms. The topological polar surface area (TPSA) is 144 Å². The number of nitrogens with zero attached hydrogens (tertiary/aromatic N) is 2. The summed E-state index contributed by atoms with van der Waals surface area (Å²) in [6.45, 7) is 3.10. The molecule has 34 heavy (non-hydrogen) atoms. The zero-order valence-electron chi connectivity index (χ0n) is 18.4. The number of rotatable bonds is 7. The van der Waals surface area contributed by atoms with Crippen LogP contribution in [0.2, 0.25) is 0 Å². The van der Waals surface area contributed by atoms with E-state index in [4.69, 9.17) is 5.73 Å². The van der Waals surface area contributed by atoms with E-state index in [9.17, 15) is 26.8 Å². The molecule has 0 atom stereocenters. The van der Waals surface area contributed by atoms with Crippen molar-refractivity contribution >= 4 is 33.2 Å². The van der Waals surface area contributed by atoms with Crippen molar-refractivity contribution in [2.24, 2.45) is 5.73 Å². The summed E-state index contributed by atoms with van der Waals surface area (Å²) in [4.78, 5) is 24.3. The molecule has 1 heterocycles. The lowest BCUT2D eigenvalue weighted by molar-refractivity contribution is -0.123. The molecule has 0 aliphatic rings. The van der Waals surface area contributed by atoms with Crippen molar-refractivity contribution in [2.75, 3.05) is 11.6 Å². The molecule has 0 saturated heterocycles. The van der Waals surface area contributed by atoms with E-state index in [-0.39, 0.29) is 16.9 Å². The number of nitrogens with two attached hydrogens (primary N) is 1. The third-order valence-electron chi connectivity index (χ3n) is 5.04. The molecule has 4 N–H and O–H groups in total. The van der Waals surface area contributed by atoms with Crippen molar-refractivity contribution in [1.82, 2.24) is 14.9 Å². The van der Waals surface area contributed by atoms with E-state index in [0.717, 1.165) is 24.6 Å². The molecule has 0 aliphatic carbocycles. The monoisotopic (exact) mass is 489 g/mol. The summed E-state index contributed by atoms with van der Waals surface area (Å²) in [5, 5.41) is 10.2. The molecule has 0 fully saturated rings. The number of aromatic nitrogens is 2. The number of hydrogen-bond donors (Lipinski definition) is 3. The molecule has 1 aromatic heterocycles. The van der Waals surface area contributed by atoms with Crippen LogP contribution in [-0.2, 0) is 20.2 Å². The maximum atomic E-state index is 14.5. The van der Waals surface area contributed by atoms with Gasteiger partial charge < -0.3 is 11.1 Å². The Morgan fingerprint density at radius 2 is 1.62 bits per heavy atom. The van der Waals surface area contributed by atoms with Crippen LogP contribution >= 0.6 is 0 Å². The lowest BCUT2D eigenvalue weighted by Crippen LogP contribution is -2.42. The highest BCUT2D eigenvalue weighted by molar-refractivity contribution is 7.89. The molecular formula is C22H21F2N5O4S. The minimum absolute atomic E-state index is 0.0617. The van der Waals surface area contributed by atoms with Crippen LogP contribution in [0.4, 0.5) is 20.2 Å². The first-order valence-corrected chi connectivity index (χ1v) is 11.7.